The van der Waals surface area contributed by atoms with Crippen LogP contribution < -0.4 is 10.6 Å². The van der Waals surface area contributed by atoms with Crippen LogP contribution in [0.4, 0.5) is 13.6 Å². The number of carbonyl (C=O) groups excluding carboxylic acids is 3. The molecule has 6 nitrogen and oxygen atoms in total. The van der Waals surface area contributed by atoms with Crippen LogP contribution in [0.2, 0.25) is 0 Å². The van der Waals surface area contributed by atoms with Crippen LogP contribution in [0.15, 0.2) is 42.5 Å². The summed E-state index contributed by atoms with van der Waals surface area (Å²) in [7, 11) is 0. The van der Waals surface area contributed by atoms with Crippen molar-refractivity contribution < 1.29 is 23.2 Å². The fraction of sp³-hybridized carbons (Fsp3) is 0.318. The van der Waals surface area contributed by atoms with Gasteiger partial charge in [0.25, 0.3) is 5.91 Å². The van der Waals surface area contributed by atoms with Crippen molar-refractivity contribution in [2.24, 2.45) is 0 Å². The highest BCUT2D eigenvalue weighted by molar-refractivity contribution is 6.09. The number of hydrogen-bond donors (Lipinski definition) is 2. The molecule has 158 valence electrons. The maximum Gasteiger partial charge on any atom is 0.325 e. The maximum absolute atomic E-state index is 14.2. The van der Waals surface area contributed by atoms with Gasteiger partial charge in [0.05, 0.1) is 6.04 Å². The Kier molecular flexibility index (Phi) is 5.87. The second-order valence-electron chi connectivity index (χ2n) is 7.45. The molecular weight excluding hydrogens is 392 g/mol. The van der Waals surface area contributed by atoms with Gasteiger partial charge < -0.3 is 10.6 Å². The Morgan fingerprint density at radius 3 is 2.47 bits per heavy atom. The average Bonchev–Trinajstić information content (AvgIpc) is 2.93. The number of benzene rings is 2. The van der Waals surface area contributed by atoms with Crippen molar-refractivity contribution >= 4 is 17.8 Å². The Balaban J connectivity index is 1.71. The zero-order valence-electron chi connectivity index (χ0n) is 17.0. The number of carbonyl (C=O) groups is 3. The molecule has 2 aromatic carbocycles. The first-order valence-corrected chi connectivity index (χ1v) is 9.63. The van der Waals surface area contributed by atoms with Gasteiger partial charge >= 0.3 is 6.03 Å². The number of halogens is 2. The van der Waals surface area contributed by atoms with Gasteiger partial charge in [-0.05, 0) is 49.6 Å². The van der Waals surface area contributed by atoms with Gasteiger partial charge in [-0.3, -0.25) is 14.5 Å². The molecule has 0 aromatic heterocycles. The number of imide groups is 1. The van der Waals surface area contributed by atoms with E-state index in [0.29, 0.717) is 4.90 Å². The quantitative estimate of drug-likeness (QED) is 0.712. The molecule has 1 saturated heterocycles. The summed E-state index contributed by atoms with van der Waals surface area (Å²) in [5, 5.41) is 5.11. The summed E-state index contributed by atoms with van der Waals surface area (Å²) in [6.07, 6.45) is 0.901. The number of nitrogens with zero attached hydrogens (tertiary/aromatic N) is 1. The monoisotopic (exact) mass is 415 g/mol. The van der Waals surface area contributed by atoms with Crippen molar-refractivity contribution in [1.29, 1.82) is 0 Å². The van der Waals surface area contributed by atoms with E-state index in [4.69, 9.17) is 0 Å². The van der Waals surface area contributed by atoms with E-state index in [1.165, 1.54) is 12.5 Å². The number of nitrogens with one attached hydrogen (secondary N) is 2. The standard InChI is InChI=1S/C22H23F2N3O3/c1-4-14-5-7-15(8-6-14)13(2)25-19(28)12-27-20(29)22(3,26-21(27)30)17-11-16(23)9-10-18(17)24/h5-11,13H,4,12H2,1-3H3,(H,25,28)(H,26,30). The summed E-state index contributed by atoms with van der Waals surface area (Å²) in [6.45, 7) is 4.58. The van der Waals surface area contributed by atoms with Crippen LogP contribution in [0, 0.1) is 11.6 Å². The first kappa shape index (κ1) is 21.4. The van der Waals surface area contributed by atoms with E-state index in [9.17, 15) is 23.2 Å². The number of rotatable bonds is 6. The third-order valence-corrected chi connectivity index (χ3v) is 5.31. The molecule has 1 heterocycles. The number of urea groups is 1. The summed E-state index contributed by atoms with van der Waals surface area (Å²) < 4.78 is 27.8. The molecule has 1 aliphatic heterocycles. The van der Waals surface area contributed by atoms with Gasteiger partial charge in [0.15, 0.2) is 0 Å². The summed E-state index contributed by atoms with van der Waals surface area (Å²) in [4.78, 5) is 38.3. The zero-order valence-corrected chi connectivity index (χ0v) is 17.0. The largest absolute Gasteiger partial charge is 0.348 e. The molecule has 2 unspecified atom stereocenters. The lowest BCUT2D eigenvalue weighted by molar-refractivity contribution is -0.135. The normalized spacial score (nSPS) is 19.6. The molecule has 30 heavy (non-hydrogen) atoms. The molecule has 2 N–H and O–H groups in total. The highest BCUT2D eigenvalue weighted by atomic mass is 19.1. The summed E-state index contributed by atoms with van der Waals surface area (Å²) in [6, 6.07) is 9.22. The summed E-state index contributed by atoms with van der Waals surface area (Å²) in [5.74, 6) is -2.95. The van der Waals surface area contributed by atoms with Gasteiger partial charge in [-0.1, -0.05) is 31.2 Å². The van der Waals surface area contributed by atoms with Crippen LogP contribution in [0.1, 0.15) is 43.5 Å². The number of aryl methyl sites for hydroxylation is 1. The van der Waals surface area contributed by atoms with E-state index in [0.717, 1.165) is 30.2 Å². The van der Waals surface area contributed by atoms with Gasteiger partial charge in [-0.25, -0.2) is 13.6 Å². The van der Waals surface area contributed by atoms with Crippen molar-refractivity contribution in [1.82, 2.24) is 15.5 Å². The lowest BCUT2D eigenvalue weighted by atomic mass is 9.91. The van der Waals surface area contributed by atoms with E-state index in [1.54, 1.807) is 6.92 Å². The fourth-order valence-electron chi connectivity index (χ4n) is 3.46. The van der Waals surface area contributed by atoms with Crippen molar-refractivity contribution in [2.45, 2.75) is 38.8 Å². The molecule has 0 aliphatic carbocycles. The minimum atomic E-state index is -1.80. The van der Waals surface area contributed by atoms with Crippen LogP contribution in [-0.2, 0) is 21.5 Å². The minimum Gasteiger partial charge on any atom is -0.348 e. The zero-order chi connectivity index (χ0) is 22.1. The molecule has 4 amide bonds. The van der Waals surface area contributed by atoms with E-state index in [1.807, 2.05) is 31.2 Å². The second kappa shape index (κ2) is 8.22. The molecule has 0 bridgehead atoms. The Labute approximate surface area is 173 Å². The Morgan fingerprint density at radius 1 is 1.17 bits per heavy atom. The lowest BCUT2D eigenvalue weighted by Crippen LogP contribution is -2.44. The van der Waals surface area contributed by atoms with Crippen LogP contribution in [0.3, 0.4) is 0 Å². The molecule has 0 saturated carbocycles. The number of amides is 4. The predicted molar refractivity (Wildman–Crippen MR) is 106 cm³/mol. The van der Waals surface area contributed by atoms with Gasteiger partial charge in [0, 0.05) is 5.56 Å². The molecule has 0 spiro atoms. The predicted octanol–water partition coefficient (Wildman–Crippen LogP) is 3.17. The maximum atomic E-state index is 14.2. The molecule has 8 heteroatoms. The molecule has 1 aliphatic rings. The summed E-state index contributed by atoms with van der Waals surface area (Å²) in [5.41, 5.74) is -0.0523. The van der Waals surface area contributed by atoms with Crippen LogP contribution in [0.25, 0.3) is 0 Å². The van der Waals surface area contributed by atoms with E-state index in [2.05, 4.69) is 10.6 Å². The molecule has 2 aromatic rings. The molecular formula is C22H23F2N3O3. The second-order valence-corrected chi connectivity index (χ2v) is 7.45. The van der Waals surface area contributed by atoms with Gasteiger partial charge in [-0.15, -0.1) is 0 Å². The Morgan fingerprint density at radius 2 is 1.83 bits per heavy atom. The van der Waals surface area contributed by atoms with Gasteiger partial charge in [0.1, 0.15) is 23.7 Å². The smallest absolute Gasteiger partial charge is 0.325 e. The number of hydrogen-bond acceptors (Lipinski definition) is 3. The third-order valence-electron chi connectivity index (χ3n) is 5.31. The van der Waals surface area contributed by atoms with E-state index < -0.39 is 41.6 Å². The fourth-order valence-corrected chi connectivity index (χ4v) is 3.46. The highest BCUT2D eigenvalue weighted by Gasteiger charge is 2.50. The molecule has 0 radical (unpaired) electrons. The third kappa shape index (κ3) is 4.03. The topological polar surface area (TPSA) is 78.5 Å². The Bertz CT molecular complexity index is 994. The van der Waals surface area contributed by atoms with Crippen molar-refractivity contribution in [3.63, 3.8) is 0 Å². The SMILES string of the molecule is CCc1ccc(C(C)NC(=O)CN2C(=O)NC(C)(c3cc(F)ccc3F)C2=O)cc1. The van der Waals surface area contributed by atoms with E-state index >= 15 is 0 Å². The highest BCUT2D eigenvalue weighted by Crippen LogP contribution is 2.31. The average molecular weight is 415 g/mol. The Hall–Kier alpha value is -3.29. The summed E-state index contributed by atoms with van der Waals surface area (Å²) >= 11 is 0. The van der Waals surface area contributed by atoms with Crippen LogP contribution in [-0.4, -0.2) is 29.3 Å². The van der Waals surface area contributed by atoms with Gasteiger partial charge in [0.2, 0.25) is 5.91 Å². The van der Waals surface area contributed by atoms with Crippen molar-refractivity contribution in [3.8, 4) is 0 Å². The minimum absolute atomic E-state index is 0.298. The first-order chi connectivity index (χ1) is 14.2. The molecule has 1 fully saturated rings. The van der Waals surface area contributed by atoms with Crippen molar-refractivity contribution in [2.75, 3.05) is 6.54 Å². The van der Waals surface area contributed by atoms with Crippen LogP contribution in [0.5, 0.6) is 0 Å². The molecule has 2 atom stereocenters. The van der Waals surface area contributed by atoms with E-state index in [-0.39, 0.29) is 11.6 Å². The lowest BCUT2D eigenvalue weighted by Gasteiger charge is -2.23. The molecule has 3 rings (SSSR count). The van der Waals surface area contributed by atoms with Gasteiger partial charge in [-0.2, -0.15) is 0 Å². The van der Waals surface area contributed by atoms with Crippen LogP contribution >= 0.6 is 0 Å². The first-order valence-electron chi connectivity index (χ1n) is 9.63. The van der Waals surface area contributed by atoms with Crippen molar-refractivity contribution in [3.05, 3.63) is 70.8 Å².